The summed E-state index contributed by atoms with van der Waals surface area (Å²) >= 11 is 0. The van der Waals surface area contributed by atoms with Gasteiger partial charge in [0, 0.05) is 25.1 Å². The number of nitrogens with one attached hydrogen (secondary N) is 1. The maximum Gasteiger partial charge on any atom is 0.328 e. The molecule has 1 amide bonds. The molecule has 0 spiro atoms. The van der Waals surface area contributed by atoms with E-state index in [1.807, 2.05) is 55.5 Å². The molecule has 1 aromatic heterocycles. The van der Waals surface area contributed by atoms with E-state index < -0.39 is 36.8 Å². The van der Waals surface area contributed by atoms with Gasteiger partial charge in [-0.2, -0.15) is 0 Å². The summed E-state index contributed by atoms with van der Waals surface area (Å²) in [6.07, 6.45) is 2.15. The third kappa shape index (κ3) is 9.63. The number of aromatic nitrogens is 1. The van der Waals surface area contributed by atoms with E-state index in [1.54, 1.807) is 14.2 Å². The van der Waals surface area contributed by atoms with Crippen LogP contribution in [0.5, 0.6) is 23.0 Å². The molecule has 1 heterocycles. The lowest BCUT2D eigenvalue weighted by Gasteiger charge is -2.26. The zero-order valence-electron chi connectivity index (χ0n) is 25.2. The minimum atomic E-state index is -1.01. The van der Waals surface area contributed by atoms with Crippen molar-refractivity contribution in [1.29, 1.82) is 0 Å². The van der Waals surface area contributed by atoms with Crippen LogP contribution < -0.4 is 24.3 Å². The van der Waals surface area contributed by atoms with Gasteiger partial charge >= 0.3 is 11.9 Å². The van der Waals surface area contributed by atoms with Gasteiger partial charge in [0.05, 0.1) is 21.3 Å². The van der Waals surface area contributed by atoms with E-state index in [4.69, 9.17) is 28.4 Å². The zero-order valence-corrected chi connectivity index (χ0v) is 25.2. The van der Waals surface area contributed by atoms with Crippen LogP contribution in [0.15, 0.2) is 60.8 Å². The van der Waals surface area contributed by atoms with Crippen LogP contribution in [-0.2, 0) is 31.9 Å². The Morgan fingerprint density at radius 1 is 0.814 bits per heavy atom. The Kier molecular flexibility index (Phi) is 12.2. The van der Waals surface area contributed by atoms with E-state index in [1.165, 1.54) is 33.2 Å². The summed E-state index contributed by atoms with van der Waals surface area (Å²) < 4.78 is 31.9. The highest BCUT2D eigenvalue weighted by Gasteiger charge is 2.28. The average Bonchev–Trinajstić information content (AvgIpc) is 3.01. The summed E-state index contributed by atoms with van der Waals surface area (Å²) in [5.74, 6) is -0.253. The van der Waals surface area contributed by atoms with Crippen molar-refractivity contribution < 1.29 is 42.8 Å². The molecular weight excluding hydrogens is 556 g/mol. The Bertz CT molecular complexity index is 1310. The van der Waals surface area contributed by atoms with Crippen molar-refractivity contribution in [1.82, 2.24) is 10.3 Å². The molecule has 3 aromatic rings. The van der Waals surface area contributed by atoms with E-state index >= 15 is 0 Å². The highest BCUT2D eigenvalue weighted by molar-refractivity contribution is 5.98. The minimum absolute atomic E-state index is 0.0308. The number of carbonyl (C=O) groups excluding carboxylic acids is 3. The lowest BCUT2D eigenvalue weighted by atomic mass is 9.88. The van der Waals surface area contributed by atoms with Gasteiger partial charge in [0.2, 0.25) is 6.79 Å². The van der Waals surface area contributed by atoms with Gasteiger partial charge in [-0.1, -0.05) is 24.3 Å². The number of ether oxygens (including phenoxy) is 6. The zero-order chi connectivity index (χ0) is 31.4. The molecular formula is C32H38N2O9. The van der Waals surface area contributed by atoms with Crippen LogP contribution in [0.4, 0.5) is 0 Å². The molecule has 0 bridgehead atoms. The molecule has 3 rings (SSSR count). The van der Waals surface area contributed by atoms with Crippen LogP contribution in [0, 0.1) is 5.92 Å². The predicted octanol–water partition coefficient (Wildman–Crippen LogP) is 4.16. The number of nitrogens with zero attached hydrogens (tertiary/aromatic N) is 1. The summed E-state index contributed by atoms with van der Waals surface area (Å²) in [6, 6.07) is 16.0. The lowest BCUT2D eigenvalue weighted by Crippen LogP contribution is -2.42. The van der Waals surface area contributed by atoms with Crippen molar-refractivity contribution in [3.8, 4) is 23.0 Å². The molecule has 0 aliphatic rings. The largest absolute Gasteiger partial charge is 0.497 e. The molecule has 0 fully saturated rings. The van der Waals surface area contributed by atoms with Gasteiger partial charge in [0.25, 0.3) is 5.91 Å². The highest BCUT2D eigenvalue weighted by atomic mass is 16.7. The second kappa shape index (κ2) is 16.0. The monoisotopic (exact) mass is 594 g/mol. The first-order valence-electron chi connectivity index (χ1n) is 13.7. The molecule has 11 heteroatoms. The molecule has 0 saturated carbocycles. The summed E-state index contributed by atoms with van der Waals surface area (Å²) in [7, 11) is 4.62. The lowest BCUT2D eigenvalue weighted by molar-refractivity contribution is -0.152. The van der Waals surface area contributed by atoms with Crippen LogP contribution in [0.2, 0.25) is 0 Å². The number of hydrogen-bond donors (Lipinski definition) is 1. The van der Waals surface area contributed by atoms with Crippen molar-refractivity contribution in [3.05, 3.63) is 77.6 Å². The number of methoxy groups -OCH3 is 3. The maximum absolute atomic E-state index is 13.1. The standard InChI is InChI=1S/C32H38N2O9/c1-20(34-31(36)29-30(42-19-41-22(3)35)28(40-6)15-16-33-29)32(37)43-21(2)25(17-23-7-11-26(38-4)12-8-23)18-24-9-13-27(39-5)14-10-24/h7-16,20-21,25H,17-19H2,1-6H3,(H,34,36)/t20-,21-/m0/s1. The van der Waals surface area contributed by atoms with Crippen LogP contribution >= 0.6 is 0 Å². The van der Waals surface area contributed by atoms with Gasteiger partial charge in [-0.25, -0.2) is 9.78 Å². The Labute approximate surface area is 251 Å². The van der Waals surface area contributed by atoms with Crippen molar-refractivity contribution in [3.63, 3.8) is 0 Å². The Balaban J connectivity index is 1.72. The topological polar surface area (TPSA) is 132 Å². The smallest absolute Gasteiger partial charge is 0.328 e. The fourth-order valence-electron chi connectivity index (χ4n) is 4.30. The first-order valence-corrected chi connectivity index (χ1v) is 13.7. The van der Waals surface area contributed by atoms with Crippen LogP contribution in [-0.4, -0.2) is 63.1 Å². The fraction of sp³-hybridized carbons (Fsp3) is 0.375. The van der Waals surface area contributed by atoms with E-state index in [0.29, 0.717) is 12.8 Å². The number of rotatable bonds is 15. The molecule has 11 nitrogen and oxygen atoms in total. The predicted molar refractivity (Wildman–Crippen MR) is 157 cm³/mol. The van der Waals surface area contributed by atoms with Gasteiger partial charge < -0.3 is 33.7 Å². The Morgan fingerprint density at radius 2 is 1.37 bits per heavy atom. The summed E-state index contributed by atoms with van der Waals surface area (Å²) in [5.41, 5.74) is 1.99. The highest BCUT2D eigenvalue weighted by Crippen LogP contribution is 2.30. The molecule has 2 aromatic carbocycles. The van der Waals surface area contributed by atoms with Crippen LogP contribution in [0.3, 0.4) is 0 Å². The van der Waals surface area contributed by atoms with E-state index in [0.717, 1.165) is 22.6 Å². The number of esters is 2. The summed E-state index contributed by atoms with van der Waals surface area (Å²) in [4.78, 5) is 41.5. The van der Waals surface area contributed by atoms with Crippen molar-refractivity contribution in [2.24, 2.45) is 5.92 Å². The van der Waals surface area contributed by atoms with Gasteiger partial charge in [-0.15, -0.1) is 0 Å². The molecule has 0 unspecified atom stereocenters. The summed E-state index contributed by atoms with van der Waals surface area (Å²) in [5, 5.41) is 2.61. The van der Waals surface area contributed by atoms with Gasteiger partial charge in [-0.05, 0) is 62.1 Å². The maximum atomic E-state index is 13.1. The third-order valence-electron chi connectivity index (χ3n) is 6.75. The molecule has 2 atom stereocenters. The number of carbonyl (C=O) groups is 3. The molecule has 0 saturated heterocycles. The summed E-state index contributed by atoms with van der Waals surface area (Å²) in [6.45, 7) is 4.14. The Hall–Kier alpha value is -4.80. The quantitative estimate of drug-likeness (QED) is 0.202. The number of pyridine rings is 1. The third-order valence-corrected chi connectivity index (χ3v) is 6.75. The van der Waals surface area contributed by atoms with Crippen LogP contribution in [0.25, 0.3) is 0 Å². The SMILES string of the molecule is COc1ccc(CC(Cc2ccc(OC)cc2)[C@H](C)OC(=O)[C@H](C)NC(=O)c2nccc(OC)c2OCOC(C)=O)cc1. The fourth-order valence-corrected chi connectivity index (χ4v) is 4.30. The first kappa shape index (κ1) is 32.7. The average molecular weight is 595 g/mol. The van der Waals surface area contributed by atoms with Gasteiger partial charge in [-0.3, -0.25) is 9.59 Å². The molecule has 0 aliphatic carbocycles. The molecule has 43 heavy (non-hydrogen) atoms. The van der Waals surface area contributed by atoms with E-state index in [9.17, 15) is 14.4 Å². The minimum Gasteiger partial charge on any atom is -0.497 e. The van der Waals surface area contributed by atoms with E-state index in [-0.39, 0.29) is 23.1 Å². The molecule has 0 aliphatic heterocycles. The normalized spacial score (nSPS) is 12.1. The number of amides is 1. The van der Waals surface area contributed by atoms with Crippen molar-refractivity contribution in [2.75, 3.05) is 28.1 Å². The second-order valence-electron chi connectivity index (χ2n) is 9.79. The Morgan fingerprint density at radius 3 is 1.86 bits per heavy atom. The van der Waals surface area contributed by atoms with Gasteiger partial charge in [0.15, 0.2) is 17.2 Å². The molecule has 230 valence electrons. The molecule has 1 N–H and O–H groups in total. The van der Waals surface area contributed by atoms with Crippen molar-refractivity contribution in [2.45, 2.75) is 45.8 Å². The first-order chi connectivity index (χ1) is 20.6. The molecule has 0 radical (unpaired) electrons. The van der Waals surface area contributed by atoms with Crippen LogP contribution in [0.1, 0.15) is 42.4 Å². The second-order valence-corrected chi connectivity index (χ2v) is 9.79. The van der Waals surface area contributed by atoms with Crippen molar-refractivity contribution >= 4 is 17.8 Å². The van der Waals surface area contributed by atoms with Gasteiger partial charge in [0.1, 0.15) is 23.6 Å². The number of benzene rings is 2. The number of hydrogen-bond acceptors (Lipinski definition) is 10. The van der Waals surface area contributed by atoms with E-state index in [2.05, 4.69) is 10.3 Å².